The Morgan fingerprint density at radius 3 is 2.31 bits per heavy atom. The number of para-hydroxylation sites is 2. The lowest BCUT2D eigenvalue weighted by Gasteiger charge is -2.28. The summed E-state index contributed by atoms with van der Waals surface area (Å²) < 4.78 is 5.03. The average molecular weight is 480 g/mol. The maximum Gasteiger partial charge on any atom is 0.201 e. The lowest BCUT2D eigenvalue weighted by Crippen LogP contribution is -2.24. The van der Waals surface area contributed by atoms with Gasteiger partial charge in [0.2, 0.25) is 6.29 Å². The van der Waals surface area contributed by atoms with Gasteiger partial charge in [-0.3, -0.25) is 0 Å². The van der Waals surface area contributed by atoms with E-state index in [0.717, 1.165) is 22.5 Å². The number of fused-ring (bicyclic) bond motifs is 8. The topological polar surface area (TPSA) is 29.3 Å². The third-order valence-corrected chi connectivity index (χ3v) is 8.43. The molecule has 1 atom stereocenters. The standard InChI is InChI=1S/C32H21N3S/c1-2-10-20(11-3-1)30-23-13-4-7-15-25(23)33-32(34-30)35-26-16-8-5-14-24(26)29-27(35)19-18-22-21-12-6-9-17-28(21)36-31(22)29/h1-19,32-33H. The molecule has 5 aromatic carbocycles. The zero-order valence-electron chi connectivity index (χ0n) is 19.3. The van der Waals surface area contributed by atoms with Crippen LogP contribution in [-0.2, 0) is 0 Å². The Hall–Kier alpha value is -4.41. The monoisotopic (exact) mass is 479 g/mol. The van der Waals surface area contributed by atoms with E-state index in [9.17, 15) is 0 Å². The maximum atomic E-state index is 5.33. The van der Waals surface area contributed by atoms with Crippen molar-refractivity contribution in [1.29, 1.82) is 0 Å². The lowest BCUT2D eigenvalue weighted by atomic mass is 9.99. The molecule has 7 aromatic rings. The molecule has 1 aliphatic rings. The van der Waals surface area contributed by atoms with Crippen LogP contribution in [0.4, 0.5) is 5.69 Å². The predicted molar refractivity (Wildman–Crippen MR) is 154 cm³/mol. The van der Waals surface area contributed by atoms with Gasteiger partial charge in [0.15, 0.2) is 0 Å². The van der Waals surface area contributed by atoms with Gasteiger partial charge in [-0.1, -0.05) is 91.0 Å². The third-order valence-electron chi connectivity index (χ3n) is 7.23. The predicted octanol–water partition coefficient (Wildman–Crippen LogP) is 8.58. The fourth-order valence-corrected chi connectivity index (χ4v) is 6.91. The van der Waals surface area contributed by atoms with Crippen LogP contribution >= 0.6 is 11.3 Å². The third kappa shape index (κ3) is 2.76. The highest BCUT2D eigenvalue weighted by molar-refractivity contribution is 7.26. The first-order valence-electron chi connectivity index (χ1n) is 12.2. The van der Waals surface area contributed by atoms with Crippen LogP contribution in [0.5, 0.6) is 0 Å². The number of benzene rings is 5. The highest BCUT2D eigenvalue weighted by Gasteiger charge is 2.26. The summed E-state index contributed by atoms with van der Waals surface area (Å²) in [6.45, 7) is 0. The van der Waals surface area contributed by atoms with Crippen LogP contribution in [0.1, 0.15) is 17.4 Å². The van der Waals surface area contributed by atoms with Crippen LogP contribution in [0.3, 0.4) is 0 Å². The van der Waals surface area contributed by atoms with Crippen molar-refractivity contribution in [3.05, 3.63) is 126 Å². The Bertz CT molecular complexity index is 1980. The van der Waals surface area contributed by atoms with Crippen molar-refractivity contribution in [3.8, 4) is 0 Å². The summed E-state index contributed by atoms with van der Waals surface area (Å²) in [4.78, 5) is 5.33. The second-order valence-corrected chi connectivity index (χ2v) is 10.3. The van der Waals surface area contributed by atoms with E-state index < -0.39 is 0 Å². The summed E-state index contributed by atoms with van der Waals surface area (Å²) in [6.07, 6.45) is -0.260. The van der Waals surface area contributed by atoms with Gasteiger partial charge in [-0.25, -0.2) is 4.99 Å². The number of rotatable bonds is 2. The minimum Gasteiger partial charge on any atom is -0.346 e. The van der Waals surface area contributed by atoms with Gasteiger partial charge in [0, 0.05) is 47.8 Å². The molecule has 0 fully saturated rings. The van der Waals surface area contributed by atoms with Gasteiger partial charge in [-0.15, -0.1) is 11.3 Å². The summed E-state index contributed by atoms with van der Waals surface area (Å²) in [5.41, 5.74) is 6.76. The maximum absolute atomic E-state index is 5.33. The molecule has 3 heterocycles. The fraction of sp³-hybridized carbons (Fsp3) is 0.0312. The lowest BCUT2D eigenvalue weighted by molar-refractivity contribution is 0.625. The van der Waals surface area contributed by atoms with Crippen LogP contribution in [0.15, 0.2) is 120 Å². The summed E-state index contributed by atoms with van der Waals surface area (Å²) in [5.74, 6) is 0. The van der Waals surface area contributed by atoms with Gasteiger partial charge >= 0.3 is 0 Å². The Morgan fingerprint density at radius 1 is 0.639 bits per heavy atom. The Balaban J connectivity index is 1.45. The molecule has 0 bridgehead atoms. The molecular weight excluding hydrogens is 458 g/mol. The highest BCUT2D eigenvalue weighted by Crippen LogP contribution is 2.44. The Labute approximate surface area is 212 Å². The normalized spacial score (nSPS) is 15.3. The molecule has 1 unspecified atom stereocenters. The zero-order chi connectivity index (χ0) is 23.6. The van der Waals surface area contributed by atoms with E-state index in [0.29, 0.717) is 0 Å². The Kier molecular flexibility index (Phi) is 4.16. The SMILES string of the molecule is c1ccc(C2=NC(n3c4ccccc4c4c5sc6ccccc6c5ccc43)Nc3ccccc32)cc1. The summed E-state index contributed by atoms with van der Waals surface area (Å²) in [7, 11) is 0. The van der Waals surface area contributed by atoms with E-state index in [4.69, 9.17) is 4.99 Å². The van der Waals surface area contributed by atoms with Gasteiger partial charge in [-0.2, -0.15) is 0 Å². The molecule has 0 amide bonds. The molecule has 8 rings (SSSR count). The molecule has 1 N–H and O–H groups in total. The summed E-state index contributed by atoms with van der Waals surface area (Å²) >= 11 is 1.88. The smallest absolute Gasteiger partial charge is 0.201 e. The molecule has 1 aliphatic heterocycles. The minimum absolute atomic E-state index is 0.260. The van der Waals surface area contributed by atoms with E-state index in [1.807, 2.05) is 11.3 Å². The van der Waals surface area contributed by atoms with Gasteiger partial charge in [-0.05, 0) is 24.3 Å². The molecule has 0 aliphatic carbocycles. The molecule has 3 nitrogen and oxygen atoms in total. The van der Waals surface area contributed by atoms with Gasteiger partial charge in [0.25, 0.3) is 0 Å². The van der Waals surface area contributed by atoms with Crippen LogP contribution in [0.25, 0.3) is 42.0 Å². The second-order valence-electron chi connectivity index (χ2n) is 9.23. The van der Waals surface area contributed by atoms with Crippen LogP contribution in [0.2, 0.25) is 0 Å². The van der Waals surface area contributed by atoms with E-state index in [1.165, 1.54) is 42.0 Å². The van der Waals surface area contributed by atoms with Crippen molar-refractivity contribution < 1.29 is 0 Å². The first-order chi connectivity index (χ1) is 17.9. The van der Waals surface area contributed by atoms with E-state index in [2.05, 4.69) is 125 Å². The largest absolute Gasteiger partial charge is 0.346 e. The fourth-order valence-electron chi connectivity index (χ4n) is 5.65. The highest BCUT2D eigenvalue weighted by atomic mass is 32.1. The number of aliphatic imine (C=N–C) groups is 1. The average Bonchev–Trinajstić information content (AvgIpc) is 3.48. The molecule has 0 saturated heterocycles. The Morgan fingerprint density at radius 2 is 1.39 bits per heavy atom. The van der Waals surface area contributed by atoms with Crippen molar-refractivity contribution in [2.24, 2.45) is 4.99 Å². The van der Waals surface area contributed by atoms with Crippen molar-refractivity contribution in [1.82, 2.24) is 4.57 Å². The van der Waals surface area contributed by atoms with E-state index in [1.54, 1.807) is 0 Å². The number of hydrogen-bond donors (Lipinski definition) is 1. The van der Waals surface area contributed by atoms with Crippen LogP contribution in [0, 0.1) is 0 Å². The molecular formula is C32H21N3S. The van der Waals surface area contributed by atoms with Crippen molar-refractivity contribution in [2.45, 2.75) is 6.29 Å². The first kappa shape index (κ1) is 19.8. The van der Waals surface area contributed by atoms with Crippen molar-refractivity contribution >= 4 is 64.7 Å². The zero-order valence-corrected chi connectivity index (χ0v) is 20.2. The van der Waals surface area contributed by atoms with Gasteiger partial charge < -0.3 is 9.88 Å². The molecule has 0 spiro atoms. The number of nitrogens with zero attached hydrogens (tertiary/aromatic N) is 2. The van der Waals surface area contributed by atoms with Gasteiger partial charge in [0.05, 0.1) is 16.7 Å². The quantitative estimate of drug-likeness (QED) is 0.264. The number of anilines is 1. The van der Waals surface area contributed by atoms with Gasteiger partial charge in [0.1, 0.15) is 0 Å². The molecule has 36 heavy (non-hydrogen) atoms. The molecule has 0 radical (unpaired) electrons. The number of aromatic nitrogens is 1. The van der Waals surface area contributed by atoms with E-state index >= 15 is 0 Å². The molecule has 4 heteroatoms. The molecule has 0 saturated carbocycles. The summed E-state index contributed by atoms with van der Waals surface area (Å²) in [5, 5.41) is 8.95. The number of nitrogens with one attached hydrogen (secondary N) is 1. The van der Waals surface area contributed by atoms with Crippen LogP contribution in [-0.4, -0.2) is 10.3 Å². The molecule has 2 aromatic heterocycles. The number of hydrogen-bond acceptors (Lipinski definition) is 3. The van der Waals surface area contributed by atoms with Crippen LogP contribution < -0.4 is 5.32 Å². The van der Waals surface area contributed by atoms with E-state index in [-0.39, 0.29) is 6.29 Å². The first-order valence-corrected chi connectivity index (χ1v) is 13.0. The summed E-state index contributed by atoms with van der Waals surface area (Å²) in [6, 6.07) is 41.0. The van der Waals surface area contributed by atoms with Crippen molar-refractivity contribution in [2.75, 3.05) is 5.32 Å². The minimum atomic E-state index is -0.260. The molecule has 170 valence electrons. The number of thiophene rings is 1. The van der Waals surface area contributed by atoms with Crippen molar-refractivity contribution in [3.63, 3.8) is 0 Å². The second kappa shape index (κ2) is 7.54.